The van der Waals surface area contributed by atoms with Crippen molar-refractivity contribution in [2.24, 2.45) is 4.99 Å². The predicted molar refractivity (Wildman–Crippen MR) is 127 cm³/mol. The van der Waals surface area contributed by atoms with Crippen LogP contribution in [0.15, 0.2) is 40.7 Å². The summed E-state index contributed by atoms with van der Waals surface area (Å²) in [6.45, 7) is 6.34. The molecule has 0 unspecified atom stereocenters. The number of hydrogen-bond acceptors (Lipinski definition) is 5. The highest BCUT2D eigenvalue weighted by Gasteiger charge is 2.10. The number of benzene rings is 1. The highest BCUT2D eigenvalue weighted by molar-refractivity contribution is 14.0. The van der Waals surface area contributed by atoms with E-state index in [1.54, 1.807) is 25.5 Å². The second kappa shape index (κ2) is 12.3. The number of halogens is 1. The number of methoxy groups -OCH3 is 1. The summed E-state index contributed by atoms with van der Waals surface area (Å²) >= 11 is 1.75. The van der Waals surface area contributed by atoms with E-state index in [9.17, 15) is 0 Å². The number of hydrogen-bond donors (Lipinski definition) is 2. The zero-order valence-corrected chi connectivity index (χ0v) is 19.6. The summed E-state index contributed by atoms with van der Waals surface area (Å²) in [6, 6.07) is 10.4. The molecule has 0 radical (unpaired) electrons. The number of nitrogens with zero attached hydrogens (tertiary/aromatic N) is 2. The van der Waals surface area contributed by atoms with Crippen LogP contribution in [0.4, 0.5) is 0 Å². The standard InChI is InChI=1S/C20H28N4O2S.HI/c1-21-20(22-7-8-24-9-11-26-12-10-24)23-14-19-13-17(15-27-19)16-3-5-18(25-2)6-4-16;/h3-6,13,15H,7-12,14H2,1-2H3,(H2,21,22,23);1H. The van der Waals surface area contributed by atoms with Gasteiger partial charge < -0.3 is 20.1 Å². The minimum absolute atomic E-state index is 0. The van der Waals surface area contributed by atoms with Gasteiger partial charge in [0.1, 0.15) is 5.75 Å². The van der Waals surface area contributed by atoms with Gasteiger partial charge in [0.2, 0.25) is 0 Å². The maximum absolute atomic E-state index is 5.38. The SMILES string of the molecule is CN=C(NCCN1CCOCC1)NCc1cc(-c2ccc(OC)cc2)cs1.I. The van der Waals surface area contributed by atoms with Crippen molar-refractivity contribution in [3.8, 4) is 16.9 Å². The molecule has 28 heavy (non-hydrogen) atoms. The first kappa shape index (κ1) is 22.9. The number of aliphatic imine (C=N–C) groups is 1. The summed E-state index contributed by atoms with van der Waals surface area (Å²) in [5.41, 5.74) is 2.43. The quantitative estimate of drug-likeness (QED) is 0.337. The van der Waals surface area contributed by atoms with Crippen molar-refractivity contribution >= 4 is 41.3 Å². The lowest BCUT2D eigenvalue weighted by molar-refractivity contribution is 0.0389. The first-order valence-electron chi connectivity index (χ1n) is 9.25. The van der Waals surface area contributed by atoms with Crippen LogP contribution in [0.2, 0.25) is 0 Å². The van der Waals surface area contributed by atoms with Gasteiger partial charge >= 0.3 is 0 Å². The van der Waals surface area contributed by atoms with E-state index in [1.165, 1.54) is 16.0 Å². The highest BCUT2D eigenvalue weighted by atomic mass is 127. The van der Waals surface area contributed by atoms with E-state index in [0.29, 0.717) is 0 Å². The van der Waals surface area contributed by atoms with Crippen LogP contribution < -0.4 is 15.4 Å². The van der Waals surface area contributed by atoms with Crippen LogP contribution in [0.1, 0.15) is 4.88 Å². The molecule has 2 heterocycles. The van der Waals surface area contributed by atoms with Crippen molar-refractivity contribution in [2.45, 2.75) is 6.54 Å². The third kappa shape index (κ3) is 6.91. The molecule has 3 rings (SSSR count). The molecule has 1 aromatic carbocycles. The summed E-state index contributed by atoms with van der Waals surface area (Å²) < 4.78 is 10.6. The Hall–Kier alpha value is -1.36. The summed E-state index contributed by atoms with van der Waals surface area (Å²) in [7, 11) is 3.49. The Morgan fingerprint density at radius 3 is 2.61 bits per heavy atom. The van der Waals surface area contributed by atoms with E-state index < -0.39 is 0 Å². The number of rotatable bonds is 7. The number of ether oxygens (including phenoxy) is 2. The molecular weight excluding hydrogens is 487 g/mol. The molecule has 2 aromatic rings. The molecule has 1 aromatic heterocycles. The van der Waals surface area contributed by atoms with Crippen molar-refractivity contribution in [1.82, 2.24) is 15.5 Å². The van der Waals surface area contributed by atoms with Crippen LogP contribution in [-0.4, -0.2) is 64.4 Å². The zero-order valence-electron chi connectivity index (χ0n) is 16.4. The molecule has 1 fully saturated rings. The van der Waals surface area contributed by atoms with Crippen LogP contribution in [0, 0.1) is 0 Å². The molecule has 0 aliphatic carbocycles. The van der Waals surface area contributed by atoms with E-state index in [0.717, 1.165) is 57.6 Å². The van der Waals surface area contributed by atoms with Gasteiger partial charge in [-0.1, -0.05) is 12.1 Å². The van der Waals surface area contributed by atoms with Crippen LogP contribution >= 0.6 is 35.3 Å². The minimum atomic E-state index is 0. The van der Waals surface area contributed by atoms with Crippen LogP contribution in [-0.2, 0) is 11.3 Å². The molecule has 0 bridgehead atoms. The largest absolute Gasteiger partial charge is 0.497 e. The van der Waals surface area contributed by atoms with E-state index in [2.05, 4.69) is 44.1 Å². The molecule has 0 spiro atoms. The Kier molecular flexibility index (Phi) is 10.0. The molecule has 2 N–H and O–H groups in total. The van der Waals surface area contributed by atoms with E-state index in [4.69, 9.17) is 9.47 Å². The van der Waals surface area contributed by atoms with E-state index in [-0.39, 0.29) is 24.0 Å². The summed E-state index contributed by atoms with van der Waals surface area (Å²) in [6.07, 6.45) is 0. The molecule has 1 aliphatic rings. The monoisotopic (exact) mass is 516 g/mol. The predicted octanol–water partition coefficient (Wildman–Crippen LogP) is 3.04. The summed E-state index contributed by atoms with van der Waals surface area (Å²) in [5.74, 6) is 1.71. The fourth-order valence-electron chi connectivity index (χ4n) is 2.96. The van der Waals surface area contributed by atoms with Gasteiger partial charge in [-0.15, -0.1) is 35.3 Å². The third-order valence-electron chi connectivity index (χ3n) is 4.55. The molecule has 6 nitrogen and oxygen atoms in total. The van der Waals surface area contributed by atoms with Crippen molar-refractivity contribution in [3.63, 3.8) is 0 Å². The van der Waals surface area contributed by atoms with Crippen LogP contribution in [0.5, 0.6) is 5.75 Å². The Labute approximate surface area is 188 Å². The van der Waals surface area contributed by atoms with Crippen molar-refractivity contribution in [2.75, 3.05) is 53.6 Å². The lowest BCUT2D eigenvalue weighted by Gasteiger charge is -2.26. The van der Waals surface area contributed by atoms with E-state index >= 15 is 0 Å². The van der Waals surface area contributed by atoms with Crippen molar-refractivity contribution in [1.29, 1.82) is 0 Å². The first-order chi connectivity index (χ1) is 13.3. The average Bonchev–Trinajstić information content (AvgIpc) is 3.20. The number of guanidine groups is 1. The fraction of sp³-hybridized carbons (Fsp3) is 0.450. The van der Waals surface area contributed by atoms with Gasteiger partial charge in [-0.05, 0) is 34.7 Å². The van der Waals surface area contributed by atoms with Gasteiger partial charge in [-0.2, -0.15) is 0 Å². The molecule has 154 valence electrons. The Morgan fingerprint density at radius 2 is 1.93 bits per heavy atom. The van der Waals surface area contributed by atoms with E-state index in [1.807, 2.05) is 12.1 Å². The highest BCUT2D eigenvalue weighted by Crippen LogP contribution is 2.27. The normalized spacial score (nSPS) is 15.0. The molecular formula is C20H29IN4O2S. The first-order valence-corrected chi connectivity index (χ1v) is 10.1. The number of nitrogens with one attached hydrogen (secondary N) is 2. The zero-order chi connectivity index (χ0) is 18.9. The lowest BCUT2D eigenvalue weighted by Crippen LogP contribution is -2.44. The molecule has 1 saturated heterocycles. The molecule has 0 saturated carbocycles. The van der Waals surface area contributed by atoms with Gasteiger partial charge in [-0.3, -0.25) is 9.89 Å². The van der Waals surface area contributed by atoms with Gasteiger partial charge in [0.25, 0.3) is 0 Å². The smallest absolute Gasteiger partial charge is 0.191 e. The van der Waals surface area contributed by atoms with Crippen molar-refractivity contribution in [3.05, 3.63) is 40.6 Å². The Bertz CT molecular complexity index is 730. The lowest BCUT2D eigenvalue weighted by atomic mass is 10.1. The average molecular weight is 516 g/mol. The third-order valence-corrected chi connectivity index (χ3v) is 5.49. The number of thiophene rings is 1. The Balaban J connectivity index is 0.00000280. The molecule has 0 amide bonds. The maximum Gasteiger partial charge on any atom is 0.191 e. The van der Waals surface area contributed by atoms with Gasteiger partial charge in [0.05, 0.1) is 26.9 Å². The molecule has 0 atom stereocenters. The molecule has 8 heteroatoms. The van der Waals surface area contributed by atoms with Crippen molar-refractivity contribution < 1.29 is 9.47 Å². The molecule has 1 aliphatic heterocycles. The number of morpholine rings is 1. The second-order valence-electron chi connectivity index (χ2n) is 6.34. The second-order valence-corrected chi connectivity index (χ2v) is 7.33. The van der Waals surface area contributed by atoms with Gasteiger partial charge in [-0.25, -0.2) is 0 Å². The van der Waals surface area contributed by atoms with Gasteiger partial charge in [0.15, 0.2) is 5.96 Å². The fourth-order valence-corrected chi connectivity index (χ4v) is 3.79. The minimum Gasteiger partial charge on any atom is -0.497 e. The van der Waals surface area contributed by atoms with Gasteiger partial charge in [0, 0.05) is 38.1 Å². The summed E-state index contributed by atoms with van der Waals surface area (Å²) in [4.78, 5) is 7.99. The maximum atomic E-state index is 5.38. The van der Waals surface area contributed by atoms with Crippen LogP contribution in [0.25, 0.3) is 11.1 Å². The topological polar surface area (TPSA) is 58.1 Å². The van der Waals surface area contributed by atoms with Crippen LogP contribution in [0.3, 0.4) is 0 Å². The summed E-state index contributed by atoms with van der Waals surface area (Å²) in [5, 5.41) is 8.97. The Morgan fingerprint density at radius 1 is 1.18 bits per heavy atom.